The van der Waals surface area contributed by atoms with Crippen molar-refractivity contribution in [3.05, 3.63) is 36.0 Å². The Kier molecular flexibility index (Phi) is 4.45. The van der Waals surface area contributed by atoms with Crippen LogP contribution in [0.1, 0.15) is 13.8 Å². The molecule has 25 heavy (non-hydrogen) atoms. The summed E-state index contributed by atoms with van der Waals surface area (Å²) in [6, 6.07) is 7.14. The SMILES string of the molecule is CC1(C)OC(=O)C(=CNc2cccc(N3CCNCC3=O)c2)C(=O)O1. The highest BCUT2D eigenvalue weighted by atomic mass is 16.7. The lowest BCUT2D eigenvalue weighted by molar-refractivity contribution is -0.222. The van der Waals surface area contributed by atoms with Crippen LogP contribution in [0.25, 0.3) is 0 Å². The molecule has 2 aliphatic heterocycles. The Bertz CT molecular complexity index is 734. The van der Waals surface area contributed by atoms with E-state index >= 15 is 0 Å². The van der Waals surface area contributed by atoms with Gasteiger partial charge in [-0.3, -0.25) is 4.79 Å². The first-order chi connectivity index (χ1) is 11.9. The molecule has 0 aliphatic carbocycles. The predicted octanol–water partition coefficient (Wildman–Crippen LogP) is 0.755. The molecule has 2 N–H and O–H groups in total. The number of esters is 2. The number of benzene rings is 1. The molecular weight excluding hydrogens is 326 g/mol. The van der Waals surface area contributed by atoms with Crippen molar-refractivity contribution >= 4 is 29.2 Å². The molecule has 0 saturated carbocycles. The van der Waals surface area contributed by atoms with Gasteiger partial charge in [0.25, 0.3) is 5.79 Å². The number of amides is 1. The Hall–Kier alpha value is -2.87. The molecule has 2 fully saturated rings. The Morgan fingerprint density at radius 1 is 1.20 bits per heavy atom. The average Bonchev–Trinajstić information content (AvgIpc) is 2.53. The fourth-order valence-corrected chi connectivity index (χ4v) is 2.58. The molecule has 0 atom stereocenters. The molecule has 8 nitrogen and oxygen atoms in total. The van der Waals surface area contributed by atoms with Crippen LogP contribution in [0.4, 0.5) is 11.4 Å². The van der Waals surface area contributed by atoms with Crippen LogP contribution in [0.2, 0.25) is 0 Å². The van der Waals surface area contributed by atoms with E-state index in [4.69, 9.17) is 9.47 Å². The zero-order chi connectivity index (χ0) is 18.0. The lowest BCUT2D eigenvalue weighted by Crippen LogP contribution is -2.48. The molecule has 3 rings (SSSR count). The maximum atomic E-state index is 12.0. The minimum absolute atomic E-state index is 0.0107. The third-order valence-electron chi connectivity index (χ3n) is 3.75. The normalized spacial score (nSPS) is 20.0. The van der Waals surface area contributed by atoms with E-state index in [1.807, 2.05) is 6.07 Å². The lowest BCUT2D eigenvalue weighted by Gasteiger charge is -2.29. The number of hydrogen-bond acceptors (Lipinski definition) is 7. The summed E-state index contributed by atoms with van der Waals surface area (Å²) < 4.78 is 10.1. The van der Waals surface area contributed by atoms with Crippen LogP contribution < -0.4 is 15.5 Å². The van der Waals surface area contributed by atoms with Gasteiger partial charge in [0.2, 0.25) is 5.91 Å². The smallest absolute Gasteiger partial charge is 0.350 e. The maximum Gasteiger partial charge on any atom is 0.350 e. The van der Waals surface area contributed by atoms with E-state index in [1.165, 1.54) is 20.0 Å². The number of cyclic esters (lactones) is 2. The van der Waals surface area contributed by atoms with E-state index in [-0.39, 0.29) is 11.5 Å². The van der Waals surface area contributed by atoms with E-state index in [0.29, 0.717) is 18.8 Å². The summed E-state index contributed by atoms with van der Waals surface area (Å²) in [5, 5.41) is 5.89. The first-order valence-corrected chi connectivity index (χ1v) is 7.90. The molecule has 0 bridgehead atoms. The zero-order valence-electron chi connectivity index (χ0n) is 14.0. The van der Waals surface area contributed by atoms with E-state index in [2.05, 4.69) is 10.6 Å². The zero-order valence-corrected chi connectivity index (χ0v) is 14.0. The summed E-state index contributed by atoms with van der Waals surface area (Å²) in [6.45, 7) is 4.58. The summed E-state index contributed by atoms with van der Waals surface area (Å²) in [7, 11) is 0. The standard InChI is InChI=1S/C17H19N3O5/c1-17(2)24-15(22)13(16(23)25-17)9-19-11-4-3-5-12(8-11)20-7-6-18-10-14(20)21/h3-5,8-9,18-19H,6-7,10H2,1-2H3. The first kappa shape index (κ1) is 17.0. The second kappa shape index (κ2) is 6.56. The molecule has 1 aromatic carbocycles. The van der Waals surface area contributed by atoms with Crippen molar-refractivity contribution in [3.8, 4) is 0 Å². The number of hydrogen-bond donors (Lipinski definition) is 2. The monoisotopic (exact) mass is 345 g/mol. The van der Waals surface area contributed by atoms with Gasteiger partial charge in [0.15, 0.2) is 5.57 Å². The van der Waals surface area contributed by atoms with Crippen molar-refractivity contribution < 1.29 is 23.9 Å². The van der Waals surface area contributed by atoms with Crippen LogP contribution in [-0.2, 0) is 23.9 Å². The number of nitrogens with one attached hydrogen (secondary N) is 2. The molecule has 8 heteroatoms. The molecule has 1 aromatic rings. The highest BCUT2D eigenvalue weighted by Gasteiger charge is 2.38. The quantitative estimate of drug-likeness (QED) is 0.474. The number of piperazine rings is 1. The van der Waals surface area contributed by atoms with Gasteiger partial charge in [0, 0.05) is 44.5 Å². The van der Waals surface area contributed by atoms with Crippen molar-refractivity contribution in [3.63, 3.8) is 0 Å². The largest absolute Gasteiger partial charge is 0.419 e. The van der Waals surface area contributed by atoms with Gasteiger partial charge in [-0.25, -0.2) is 9.59 Å². The fourth-order valence-electron chi connectivity index (χ4n) is 2.58. The van der Waals surface area contributed by atoms with Crippen molar-refractivity contribution in [2.24, 2.45) is 0 Å². The van der Waals surface area contributed by atoms with Crippen LogP contribution in [0.15, 0.2) is 36.0 Å². The highest BCUT2D eigenvalue weighted by Crippen LogP contribution is 2.24. The number of rotatable bonds is 3. The number of ether oxygens (including phenoxy) is 2. The number of carbonyl (C=O) groups is 3. The third-order valence-corrected chi connectivity index (χ3v) is 3.75. The molecule has 0 radical (unpaired) electrons. The van der Waals surface area contributed by atoms with Crippen LogP contribution in [0, 0.1) is 0 Å². The fraction of sp³-hybridized carbons (Fsp3) is 0.353. The predicted molar refractivity (Wildman–Crippen MR) is 89.6 cm³/mol. The summed E-state index contributed by atoms with van der Waals surface area (Å²) in [4.78, 5) is 37.5. The molecule has 2 aliphatic rings. The number of carbonyl (C=O) groups excluding carboxylic acids is 3. The Balaban J connectivity index is 1.75. The van der Waals surface area contributed by atoms with Crippen LogP contribution in [-0.4, -0.2) is 43.3 Å². The van der Waals surface area contributed by atoms with Crippen LogP contribution in [0.3, 0.4) is 0 Å². The Morgan fingerprint density at radius 2 is 1.92 bits per heavy atom. The summed E-state index contributed by atoms with van der Waals surface area (Å²) in [6.07, 6.45) is 1.25. The molecule has 0 unspecified atom stereocenters. The van der Waals surface area contributed by atoms with Gasteiger partial charge in [-0.05, 0) is 18.2 Å². The summed E-state index contributed by atoms with van der Waals surface area (Å²) >= 11 is 0. The van der Waals surface area contributed by atoms with E-state index < -0.39 is 17.7 Å². The van der Waals surface area contributed by atoms with E-state index in [1.54, 1.807) is 23.1 Å². The summed E-state index contributed by atoms with van der Waals surface area (Å²) in [5.41, 5.74) is 1.15. The highest BCUT2D eigenvalue weighted by molar-refractivity contribution is 6.15. The van der Waals surface area contributed by atoms with Crippen LogP contribution >= 0.6 is 0 Å². The second-order valence-corrected chi connectivity index (χ2v) is 6.15. The van der Waals surface area contributed by atoms with Gasteiger partial charge in [-0.15, -0.1) is 0 Å². The minimum atomic E-state index is -1.27. The molecule has 1 amide bonds. The van der Waals surface area contributed by atoms with Gasteiger partial charge >= 0.3 is 11.9 Å². The third kappa shape index (κ3) is 3.80. The van der Waals surface area contributed by atoms with Crippen molar-refractivity contribution in [2.75, 3.05) is 29.9 Å². The lowest BCUT2D eigenvalue weighted by atomic mass is 10.2. The molecule has 2 heterocycles. The molecular formula is C17H19N3O5. The Morgan fingerprint density at radius 3 is 2.60 bits per heavy atom. The molecule has 2 saturated heterocycles. The topological polar surface area (TPSA) is 97.0 Å². The Labute approximate surface area is 144 Å². The van der Waals surface area contributed by atoms with Gasteiger partial charge in [0.05, 0.1) is 6.54 Å². The van der Waals surface area contributed by atoms with E-state index in [0.717, 1.165) is 12.2 Å². The van der Waals surface area contributed by atoms with E-state index in [9.17, 15) is 14.4 Å². The van der Waals surface area contributed by atoms with Gasteiger partial charge < -0.3 is 25.0 Å². The minimum Gasteiger partial charge on any atom is -0.419 e. The number of nitrogens with zero attached hydrogens (tertiary/aromatic N) is 1. The van der Waals surface area contributed by atoms with Crippen LogP contribution in [0.5, 0.6) is 0 Å². The maximum absolute atomic E-state index is 12.0. The molecule has 0 aromatic heterocycles. The summed E-state index contributed by atoms with van der Waals surface area (Å²) in [5.74, 6) is -2.78. The van der Waals surface area contributed by atoms with Crippen molar-refractivity contribution in [1.29, 1.82) is 0 Å². The molecule has 0 spiro atoms. The molecule has 132 valence electrons. The van der Waals surface area contributed by atoms with Gasteiger partial charge in [-0.2, -0.15) is 0 Å². The second-order valence-electron chi connectivity index (χ2n) is 6.15. The average molecular weight is 345 g/mol. The number of anilines is 2. The van der Waals surface area contributed by atoms with Crippen molar-refractivity contribution in [1.82, 2.24) is 5.32 Å². The first-order valence-electron chi connectivity index (χ1n) is 7.90. The van der Waals surface area contributed by atoms with Gasteiger partial charge in [-0.1, -0.05) is 6.07 Å². The van der Waals surface area contributed by atoms with Crippen molar-refractivity contribution in [2.45, 2.75) is 19.6 Å². The van der Waals surface area contributed by atoms with Gasteiger partial charge in [0.1, 0.15) is 0 Å².